The highest BCUT2D eigenvalue weighted by Gasteiger charge is 2.14. The van der Waals surface area contributed by atoms with Gasteiger partial charge in [-0.3, -0.25) is 4.79 Å². The second-order valence-corrected chi connectivity index (χ2v) is 8.45. The van der Waals surface area contributed by atoms with Crippen molar-refractivity contribution in [2.75, 3.05) is 5.32 Å². The van der Waals surface area contributed by atoms with Crippen LogP contribution in [0.25, 0.3) is 0 Å². The molecule has 0 radical (unpaired) electrons. The molecule has 5 heteroatoms. The Kier molecular flexibility index (Phi) is 6.74. The minimum atomic E-state index is -0.406. The lowest BCUT2D eigenvalue weighted by molar-refractivity contribution is -0.112. The van der Waals surface area contributed by atoms with E-state index in [0.717, 1.165) is 22.0 Å². The van der Waals surface area contributed by atoms with Gasteiger partial charge in [0.2, 0.25) is 0 Å². The van der Waals surface area contributed by atoms with E-state index in [9.17, 15) is 10.1 Å². The molecular weight excluding hydrogens is 461 g/mol. The number of nitrogens with one attached hydrogen (secondary N) is 2. The van der Waals surface area contributed by atoms with Crippen LogP contribution in [-0.2, 0) is 17.6 Å². The normalized spacial score (nSPS) is 14.6. The van der Waals surface area contributed by atoms with Crippen molar-refractivity contribution in [2.45, 2.75) is 45.6 Å². The number of halogens is 1. The molecule has 0 aliphatic heterocycles. The molecule has 2 aromatic rings. The molecule has 3 rings (SSSR count). The molecule has 0 aromatic heterocycles. The van der Waals surface area contributed by atoms with Crippen LogP contribution in [0.1, 0.15) is 48.1 Å². The maximum Gasteiger partial charge on any atom is 0.267 e. The van der Waals surface area contributed by atoms with Crippen molar-refractivity contribution in [1.82, 2.24) is 5.32 Å². The second-order valence-electron chi connectivity index (χ2n) is 7.21. The Morgan fingerprint density at radius 2 is 1.93 bits per heavy atom. The molecule has 1 aliphatic rings. The van der Waals surface area contributed by atoms with Crippen LogP contribution in [0.15, 0.2) is 48.2 Å². The lowest BCUT2D eigenvalue weighted by Gasteiger charge is -2.19. The van der Waals surface area contributed by atoms with Gasteiger partial charge in [-0.2, -0.15) is 5.26 Å². The molecule has 2 N–H and O–H groups in total. The van der Waals surface area contributed by atoms with Gasteiger partial charge in [0.05, 0.1) is 0 Å². The quantitative estimate of drug-likeness (QED) is 0.349. The van der Waals surface area contributed by atoms with Crippen LogP contribution in [0.3, 0.4) is 0 Å². The van der Waals surface area contributed by atoms with Gasteiger partial charge in [-0.25, -0.2) is 0 Å². The summed E-state index contributed by atoms with van der Waals surface area (Å²) in [5, 5.41) is 15.4. The molecule has 0 spiro atoms. The number of benzene rings is 2. The van der Waals surface area contributed by atoms with Gasteiger partial charge in [0.1, 0.15) is 11.6 Å². The molecule has 1 unspecified atom stereocenters. The maximum atomic E-state index is 12.5. The zero-order valence-electron chi connectivity index (χ0n) is 16.2. The van der Waals surface area contributed by atoms with Crippen molar-refractivity contribution in [2.24, 2.45) is 0 Å². The van der Waals surface area contributed by atoms with E-state index in [2.05, 4.69) is 51.4 Å². The first-order valence-electron chi connectivity index (χ1n) is 9.53. The number of carbonyl (C=O) groups excluding carboxylic acids is 1. The number of hydrogen-bond acceptors (Lipinski definition) is 3. The van der Waals surface area contributed by atoms with Crippen molar-refractivity contribution in [3.8, 4) is 6.07 Å². The van der Waals surface area contributed by atoms with Crippen LogP contribution in [0.2, 0.25) is 0 Å². The Hall–Kier alpha value is -2.33. The summed E-state index contributed by atoms with van der Waals surface area (Å²) in [7, 11) is 0. The fourth-order valence-corrected chi connectivity index (χ4v) is 4.08. The summed E-state index contributed by atoms with van der Waals surface area (Å²) in [4.78, 5) is 12.5. The van der Waals surface area contributed by atoms with E-state index in [1.807, 2.05) is 38.1 Å². The highest BCUT2D eigenvalue weighted by Crippen LogP contribution is 2.25. The fourth-order valence-electron chi connectivity index (χ4n) is 3.43. The van der Waals surface area contributed by atoms with Crippen LogP contribution in [-0.4, -0.2) is 5.91 Å². The predicted molar refractivity (Wildman–Crippen MR) is 121 cm³/mol. The van der Waals surface area contributed by atoms with Crippen molar-refractivity contribution in [3.63, 3.8) is 0 Å². The number of aryl methyl sites for hydroxylation is 3. The van der Waals surface area contributed by atoms with Gasteiger partial charge in [0.15, 0.2) is 0 Å². The third kappa shape index (κ3) is 4.93. The van der Waals surface area contributed by atoms with Gasteiger partial charge in [-0.1, -0.05) is 18.2 Å². The first kappa shape index (κ1) is 20.4. The smallest absolute Gasteiger partial charge is 0.267 e. The number of fused-ring (bicyclic) bond motifs is 1. The number of rotatable bonds is 5. The van der Waals surface area contributed by atoms with Crippen LogP contribution >= 0.6 is 22.6 Å². The Labute approximate surface area is 180 Å². The van der Waals surface area contributed by atoms with Crippen LogP contribution < -0.4 is 10.6 Å². The summed E-state index contributed by atoms with van der Waals surface area (Å²) < 4.78 is 1.10. The van der Waals surface area contributed by atoms with E-state index in [0.29, 0.717) is 5.69 Å². The molecule has 4 nitrogen and oxygen atoms in total. The maximum absolute atomic E-state index is 12.5. The molecular formula is C23H24IN3O. The molecule has 0 saturated heterocycles. The zero-order valence-corrected chi connectivity index (χ0v) is 18.3. The van der Waals surface area contributed by atoms with Gasteiger partial charge in [-0.15, -0.1) is 0 Å². The van der Waals surface area contributed by atoms with Crippen molar-refractivity contribution < 1.29 is 4.79 Å². The van der Waals surface area contributed by atoms with Crippen LogP contribution in [0.5, 0.6) is 0 Å². The van der Waals surface area contributed by atoms with E-state index in [4.69, 9.17) is 0 Å². The van der Waals surface area contributed by atoms with Gasteiger partial charge in [-0.05, 0) is 103 Å². The van der Waals surface area contributed by atoms with E-state index in [1.54, 1.807) is 0 Å². The number of nitrogens with zero attached hydrogens (tertiary/aromatic N) is 1. The lowest BCUT2D eigenvalue weighted by atomic mass is 9.89. The molecule has 28 heavy (non-hydrogen) atoms. The summed E-state index contributed by atoms with van der Waals surface area (Å²) in [6, 6.07) is 14.4. The van der Waals surface area contributed by atoms with Gasteiger partial charge >= 0.3 is 0 Å². The Morgan fingerprint density at radius 1 is 1.18 bits per heavy atom. The molecule has 0 bridgehead atoms. The van der Waals surface area contributed by atoms with Gasteiger partial charge in [0.25, 0.3) is 5.91 Å². The molecule has 0 heterocycles. The Bertz CT molecular complexity index is 959. The van der Waals surface area contributed by atoms with E-state index in [1.165, 1.54) is 35.7 Å². The van der Waals surface area contributed by atoms with E-state index >= 15 is 0 Å². The first-order chi connectivity index (χ1) is 13.5. The number of anilines is 1. The Morgan fingerprint density at radius 3 is 2.64 bits per heavy atom. The van der Waals surface area contributed by atoms with Crippen molar-refractivity contribution >= 4 is 34.2 Å². The highest BCUT2D eigenvalue weighted by molar-refractivity contribution is 14.1. The number of nitriles is 1. The predicted octanol–water partition coefficient (Wildman–Crippen LogP) is 5.18. The molecule has 0 saturated carbocycles. The largest absolute Gasteiger partial charge is 0.383 e. The second kappa shape index (κ2) is 9.24. The Balaban J connectivity index is 1.68. The molecule has 0 fully saturated rings. The van der Waals surface area contributed by atoms with Crippen LogP contribution in [0, 0.1) is 21.8 Å². The van der Waals surface area contributed by atoms with Crippen LogP contribution in [0.4, 0.5) is 5.69 Å². The molecule has 1 amide bonds. The van der Waals surface area contributed by atoms with Gasteiger partial charge < -0.3 is 10.6 Å². The van der Waals surface area contributed by atoms with Gasteiger partial charge in [0, 0.05) is 21.5 Å². The summed E-state index contributed by atoms with van der Waals surface area (Å²) >= 11 is 2.23. The zero-order chi connectivity index (χ0) is 20.1. The van der Waals surface area contributed by atoms with Crippen molar-refractivity contribution in [3.05, 3.63) is 74.0 Å². The molecule has 1 atom stereocenters. The summed E-state index contributed by atoms with van der Waals surface area (Å²) in [6.07, 6.45) is 6.32. The van der Waals surface area contributed by atoms with E-state index in [-0.39, 0.29) is 11.6 Å². The number of carbonyl (C=O) groups is 1. The van der Waals surface area contributed by atoms with E-state index < -0.39 is 5.91 Å². The molecule has 1 aliphatic carbocycles. The number of hydrogen-bond donors (Lipinski definition) is 2. The average Bonchev–Trinajstić information content (AvgIpc) is 2.70. The van der Waals surface area contributed by atoms with Crippen molar-refractivity contribution in [1.29, 1.82) is 5.26 Å². The number of amides is 1. The topological polar surface area (TPSA) is 64.9 Å². The minimum Gasteiger partial charge on any atom is -0.383 e. The summed E-state index contributed by atoms with van der Waals surface area (Å²) in [6.45, 7) is 3.97. The third-order valence-electron chi connectivity index (χ3n) is 5.15. The summed E-state index contributed by atoms with van der Waals surface area (Å²) in [5.41, 5.74) is 5.78. The molecule has 144 valence electrons. The first-order valence-corrected chi connectivity index (χ1v) is 10.6. The minimum absolute atomic E-state index is 0.0171. The summed E-state index contributed by atoms with van der Waals surface area (Å²) in [5.74, 6) is -0.406. The lowest BCUT2D eigenvalue weighted by Crippen LogP contribution is -2.19. The average molecular weight is 485 g/mol. The SMILES string of the molecule is Cc1cc(I)ccc1NC(=O)/C(C#N)=C\NC(C)c1ccc2c(c1)CCCC2. The monoisotopic (exact) mass is 485 g/mol. The molecule has 2 aromatic carbocycles. The third-order valence-corrected chi connectivity index (χ3v) is 5.82. The standard InChI is InChI=1S/C23H24IN3O/c1-15-11-21(24)9-10-22(15)27-23(28)20(13-25)14-26-16(2)18-8-7-17-5-3-4-6-19(17)12-18/h7-12,14,16,26H,3-6H2,1-2H3,(H,27,28)/b20-14-. The highest BCUT2D eigenvalue weighted by atomic mass is 127. The fraction of sp³-hybridized carbons (Fsp3) is 0.304.